The molecule has 0 saturated heterocycles. The molecule has 3 aromatic carbocycles. The summed E-state index contributed by atoms with van der Waals surface area (Å²) in [6, 6.07) is 24.9. The largest absolute Gasteiger partial charge is 0.693 e. The van der Waals surface area contributed by atoms with E-state index < -0.39 is 5.97 Å². The third kappa shape index (κ3) is 9.44. The van der Waals surface area contributed by atoms with Crippen molar-refractivity contribution >= 4 is 37.1 Å². The van der Waals surface area contributed by atoms with Gasteiger partial charge in [0.15, 0.2) is 0 Å². The number of hydrogen-bond acceptors (Lipinski definition) is 3. The Morgan fingerprint density at radius 1 is 0.800 bits per heavy atom. The van der Waals surface area contributed by atoms with Crippen LogP contribution in [0, 0.1) is 0 Å². The fourth-order valence-electron chi connectivity index (χ4n) is 2.39. The van der Waals surface area contributed by atoms with Crippen LogP contribution in [-0.4, -0.2) is 28.3 Å². The van der Waals surface area contributed by atoms with Gasteiger partial charge < -0.3 is 22.5 Å². The zero-order valence-corrected chi connectivity index (χ0v) is 18.7. The van der Waals surface area contributed by atoms with Gasteiger partial charge in [0.1, 0.15) is 0 Å². The van der Waals surface area contributed by atoms with Crippen molar-refractivity contribution in [1.82, 2.24) is 4.98 Å². The average Bonchev–Trinajstić information content (AvgIpc) is 2.77. The van der Waals surface area contributed by atoms with Crippen molar-refractivity contribution in [3.05, 3.63) is 103 Å². The number of carbonyl (C=O) groups is 1. The number of pyridine rings is 1. The van der Waals surface area contributed by atoms with E-state index in [0.717, 1.165) is 12.6 Å². The number of carboxylic acid groups (broad SMARTS) is 1. The number of carboxylic acids is 1. The number of aromatic nitrogens is 1. The number of fused-ring (bicyclic) bond motifs is 3. The zero-order valence-electron chi connectivity index (χ0n) is 15.7. The number of hydrogen-bond donors (Lipinski definition) is 2. The molecule has 0 radical (unpaired) electrons. The van der Waals surface area contributed by atoms with Crippen LogP contribution in [0.5, 0.6) is 0 Å². The first kappa shape index (κ1) is 32.3. The van der Waals surface area contributed by atoms with Crippen molar-refractivity contribution in [3.63, 3.8) is 0 Å². The molecule has 0 saturated carbocycles. The van der Waals surface area contributed by atoms with E-state index in [0.29, 0.717) is 5.56 Å². The van der Waals surface area contributed by atoms with Gasteiger partial charge in [-0.2, -0.15) is 0 Å². The van der Waals surface area contributed by atoms with Gasteiger partial charge in [0.2, 0.25) is 0 Å². The first-order chi connectivity index (χ1) is 13.3. The van der Waals surface area contributed by atoms with E-state index in [1.807, 2.05) is 24.4 Å². The maximum Gasteiger partial charge on any atom is 0.0708 e. The van der Waals surface area contributed by atoms with Crippen LogP contribution in [0.15, 0.2) is 85.1 Å². The van der Waals surface area contributed by atoms with Gasteiger partial charge in [0.25, 0.3) is 0 Å². The standard InChI is InChI=1S/C13H9N.C7H6O2.CH4O.CH4.ClH.2H2N.Pt/c1-2-6-11-10(5-1)9-14-13-8-4-3-7-12(11)13;8-7(9)6-4-2-1-3-5-6;1-2;;;;;/h1-9H;1-5H,(H,8,9);2H,1H3;1H4;1H;2*1H2;/q;;;;;2*-1;+1/p-1. The van der Waals surface area contributed by atoms with E-state index in [-0.39, 0.29) is 19.7 Å². The van der Waals surface area contributed by atoms with E-state index in [1.165, 1.54) is 16.2 Å². The summed E-state index contributed by atoms with van der Waals surface area (Å²) in [7, 11) is 5.61. The summed E-state index contributed by atoms with van der Waals surface area (Å²) in [4.78, 5) is 14.6. The van der Waals surface area contributed by atoms with Gasteiger partial charge in [-0.15, -0.1) is 0 Å². The Morgan fingerprint density at radius 2 is 1.27 bits per heavy atom. The van der Waals surface area contributed by atoms with Crippen LogP contribution < -0.4 is 0 Å². The third-order valence-electron chi connectivity index (χ3n) is 3.52. The SMILES string of the molecule is C.CO.O=C(O)c1ccccc1.[Cl][Pt].[NH2-].[NH2-].c1ccc2c(c1)cnc1ccccc12. The molecule has 8 heteroatoms. The Labute approximate surface area is 192 Å². The van der Waals surface area contributed by atoms with E-state index in [9.17, 15) is 4.79 Å². The number of nitrogens with zero attached hydrogens (tertiary/aromatic N) is 1. The predicted octanol–water partition coefficient (Wildman–Crippen LogP) is 7.14. The number of benzene rings is 3. The molecule has 4 rings (SSSR count). The molecule has 0 aliphatic carbocycles. The van der Waals surface area contributed by atoms with Crippen LogP contribution in [-0.2, 0) is 18.8 Å². The summed E-state index contributed by atoms with van der Waals surface area (Å²) in [6.07, 6.45) is 1.93. The average molecular weight is 612 g/mol. The number of aliphatic hydroxyl groups excluding tert-OH is 1. The Hall–Kier alpha value is -2.34. The molecule has 0 unspecified atom stereocenters. The number of aliphatic hydroxyl groups is 1. The molecule has 6 nitrogen and oxygen atoms in total. The van der Waals surface area contributed by atoms with Gasteiger partial charge in [-0.25, -0.2) is 4.79 Å². The van der Waals surface area contributed by atoms with Crippen molar-refractivity contribution < 1.29 is 33.8 Å². The summed E-state index contributed by atoms with van der Waals surface area (Å²) >= 11 is 1.61. The van der Waals surface area contributed by atoms with Crippen molar-refractivity contribution in [2.75, 3.05) is 7.11 Å². The molecule has 1 heterocycles. The molecule has 0 fully saturated rings. The molecule has 6 N–H and O–H groups in total. The molecule has 167 valence electrons. The molecule has 0 aliphatic heterocycles. The molecule has 30 heavy (non-hydrogen) atoms. The molecule has 1 aromatic heterocycles. The summed E-state index contributed by atoms with van der Waals surface area (Å²) in [6.45, 7) is 0. The monoisotopic (exact) mass is 611 g/mol. The second-order valence-corrected chi connectivity index (χ2v) is 5.03. The maximum atomic E-state index is 10.2. The number of aromatic carboxylic acids is 1. The van der Waals surface area contributed by atoms with E-state index >= 15 is 0 Å². The minimum atomic E-state index is -0.879. The van der Waals surface area contributed by atoms with Gasteiger partial charge in [-0.3, -0.25) is 4.98 Å². The summed E-state index contributed by atoms with van der Waals surface area (Å²) < 4.78 is 0. The van der Waals surface area contributed by atoms with Crippen LogP contribution in [0.1, 0.15) is 17.8 Å². The van der Waals surface area contributed by atoms with E-state index in [1.54, 1.807) is 49.1 Å². The van der Waals surface area contributed by atoms with Gasteiger partial charge >= 0.3 is 34.2 Å². The maximum absolute atomic E-state index is 10.2. The van der Waals surface area contributed by atoms with Crippen LogP contribution >= 0.6 is 9.42 Å². The van der Waals surface area contributed by atoms with Gasteiger partial charge in [-0.05, 0) is 23.6 Å². The zero-order chi connectivity index (χ0) is 20.1. The number of rotatable bonds is 1. The predicted molar refractivity (Wildman–Crippen MR) is 124 cm³/mol. The van der Waals surface area contributed by atoms with Crippen molar-refractivity contribution in [1.29, 1.82) is 0 Å². The second-order valence-electron chi connectivity index (χ2n) is 5.03. The summed E-state index contributed by atoms with van der Waals surface area (Å²) in [5, 5.41) is 19.1. The fourth-order valence-corrected chi connectivity index (χ4v) is 2.39. The summed E-state index contributed by atoms with van der Waals surface area (Å²) in [5.74, 6) is -0.879. The molecule has 0 atom stereocenters. The van der Waals surface area contributed by atoms with E-state index in [2.05, 4.69) is 44.7 Å². The first-order valence-electron chi connectivity index (χ1n) is 7.83. The first-order valence-corrected chi connectivity index (χ1v) is 10.6. The van der Waals surface area contributed by atoms with Gasteiger partial charge in [0, 0.05) is 24.1 Å². The summed E-state index contributed by atoms with van der Waals surface area (Å²) in [5.41, 5.74) is 1.39. The number of para-hydroxylation sites is 1. The Kier molecular flexibility index (Phi) is 20.1. The smallest absolute Gasteiger partial charge is 0.0708 e. The molecule has 0 spiro atoms. The topological polar surface area (TPSA) is 137 Å². The Bertz CT molecular complexity index is 918. The fraction of sp³-hybridized carbons (Fsp3) is 0.0909. The molecule has 0 bridgehead atoms. The van der Waals surface area contributed by atoms with Crippen LogP contribution in [0.25, 0.3) is 34.0 Å². The number of nitrogens with two attached hydrogens (primary N) is 2. The quantitative estimate of drug-likeness (QED) is 0.221. The minimum absolute atomic E-state index is 0. The van der Waals surface area contributed by atoms with E-state index in [4.69, 9.17) is 10.2 Å². The van der Waals surface area contributed by atoms with Crippen molar-refractivity contribution in [2.24, 2.45) is 0 Å². The normalized spacial score (nSPS) is 8.17. The second kappa shape index (κ2) is 18.7. The van der Waals surface area contributed by atoms with Crippen molar-refractivity contribution in [2.45, 2.75) is 7.43 Å². The number of halogens is 1. The van der Waals surface area contributed by atoms with Crippen LogP contribution in [0.3, 0.4) is 0 Å². The van der Waals surface area contributed by atoms with Crippen LogP contribution in [0.4, 0.5) is 0 Å². The molecule has 4 aromatic rings. The van der Waals surface area contributed by atoms with Crippen LogP contribution in [0.2, 0.25) is 0 Å². The molecular weight excluding hydrogens is 585 g/mol. The Morgan fingerprint density at radius 3 is 1.80 bits per heavy atom. The molecular formula is C22H27ClN3O3Pt-2. The van der Waals surface area contributed by atoms with Gasteiger partial charge in [-0.1, -0.05) is 68.1 Å². The third-order valence-corrected chi connectivity index (χ3v) is 3.52. The van der Waals surface area contributed by atoms with Gasteiger partial charge in [0.05, 0.1) is 11.1 Å². The molecule has 0 amide bonds. The minimum Gasteiger partial charge on any atom is -0.693 e. The Balaban J connectivity index is -0.000000405. The van der Waals surface area contributed by atoms with Crippen molar-refractivity contribution in [3.8, 4) is 0 Å². The molecule has 0 aliphatic rings.